The van der Waals surface area contributed by atoms with Crippen molar-refractivity contribution in [3.63, 3.8) is 0 Å². The van der Waals surface area contributed by atoms with Crippen molar-refractivity contribution in [3.8, 4) is 11.3 Å². The fourth-order valence-electron chi connectivity index (χ4n) is 2.86. The van der Waals surface area contributed by atoms with E-state index >= 15 is 0 Å². The summed E-state index contributed by atoms with van der Waals surface area (Å²) in [5, 5.41) is 0.928. The Hall–Kier alpha value is -3.26. The number of sulfonamides is 1. The lowest BCUT2D eigenvalue weighted by atomic mass is 10.1. The molecule has 136 valence electrons. The fraction of sp³-hybridized carbons (Fsp3) is 0.0526. The Morgan fingerprint density at radius 3 is 2.41 bits per heavy atom. The number of H-pyrrole nitrogens is 1. The van der Waals surface area contributed by atoms with Gasteiger partial charge in [0.1, 0.15) is 17.8 Å². The summed E-state index contributed by atoms with van der Waals surface area (Å²) in [7, 11) is -3.79. The van der Waals surface area contributed by atoms with Crippen LogP contribution in [0.1, 0.15) is 5.56 Å². The van der Waals surface area contributed by atoms with Crippen molar-refractivity contribution in [2.45, 2.75) is 11.8 Å². The van der Waals surface area contributed by atoms with Crippen LogP contribution in [0.4, 0.5) is 10.1 Å². The third-order valence-electron chi connectivity index (χ3n) is 4.20. The number of hydrogen-bond acceptors (Lipinski definition) is 4. The van der Waals surface area contributed by atoms with Crippen LogP contribution in [0, 0.1) is 12.7 Å². The van der Waals surface area contributed by atoms with Crippen LogP contribution in [-0.2, 0) is 10.0 Å². The van der Waals surface area contributed by atoms with Crippen LogP contribution in [0.15, 0.2) is 66.0 Å². The zero-order chi connectivity index (χ0) is 19.0. The number of nitrogens with one attached hydrogen (secondary N) is 2. The van der Waals surface area contributed by atoms with Gasteiger partial charge in [0.25, 0.3) is 10.0 Å². The summed E-state index contributed by atoms with van der Waals surface area (Å²) in [5.74, 6) is -0.491. The highest BCUT2D eigenvalue weighted by Gasteiger charge is 2.15. The summed E-state index contributed by atoms with van der Waals surface area (Å²) in [6.07, 6.45) is 3.35. The van der Waals surface area contributed by atoms with E-state index < -0.39 is 15.8 Å². The molecule has 0 aliphatic carbocycles. The van der Waals surface area contributed by atoms with Gasteiger partial charge in [0, 0.05) is 22.8 Å². The maximum Gasteiger partial charge on any atom is 0.261 e. The number of rotatable bonds is 4. The van der Waals surface area contributed by atoms with E-state index in [1.54, 1.807) is 24.3 Å². The normalized spacial score (nSPS) is 11.6. The van der Waals surface area contributed by atoms with Gasteiger partial charge < -0.3 is 4.98 Å². The monoisotopic (exact) mass is 382 g/mol. The average molecular weight is 382 g/mol. The van der Waals surface area contributed by atoms with Gasteiger partial charge in [-0.3, -0.25) is 4.72 Å². The second-order valence-corrected chi connectivity index (χ2v) is 7.74. The van der Waals surface area contributed by atoms with Gasteiger partial charge in [-0.1, -0.05) is 12.1 Å². The molecule has 0 amide bonds. The predicted octanol–water partition coefficient (Wildman–Crippen LogP) is 3.87. The van der Waals surface area contributed by atoms with Crippen molar-refractivity contribution in [1.82, 2.24) is 15.0 Å². The molecule has 0 spiro atoms. The lowest BCUT2D eigenvalue weighted by molar-refractivity contribution is 0.599. The molecular weight excluding hydrogens is 367 g/mol. The average Bonchev–Trinajstić information content (AvgIpc) is 3.04. The molecule has 2 aromatic carbocycles. The Kier molecular flexibility index (Phi) is 4.12. The van der Waals surface area contributed by atoms with Gasteiger partial charge >= 0.3 is 0 Å². The van der Waals surface area contributed by atoms with Crippen LogP contribution < -0.4 is 4.72 Å². The molecule has 0 radical (unpaired) electrons. The molecular formula is C19H15FN4O2S. The maximum atomic E-state index is 13.0. The van der Waals surface area contributed by atoms with Crippen LogP contribution in [0.5, 0.6) is 0 Å². The highest BCUT2D eigenvalue weighted by atomic mass is 32.2. The zero-order valence-corrected chi connectivity index (χ0v) is 15.1. The highest BCUT2D eigenvalue weighted by molar-refractivity contribution is 7.92. The summed E-state index contributed by atoms with van der Waals surface area (Å²) in [5.41, 5.74) is 3.79. The van der Waals surface area contributed by atoms with Gasteiger partial charge in [-0.2, -0.15) is 0 Å². The predicted molar refractivity (Wildman–Crippen MR) is 101 cm³/mol. The Morgan fingerprint density at radius 2 is 1.70 bits per heavy atom. The number of benzene rings is 2. The number of halogens is 1. The third kappa shape index (κ3) is 3.26. The van der Waals surface area contributed by atoms with Crippen LogP contribution in [0.2, 0.25) is 0 Å². The SMILES string of the molecule is Cc1c[nH]c2ncnc(-c3ccc(NS(=O)(=O)c4ccc(F)cc4)cc3)c12. The molecule has 0 atom stereocenters. The molecule has 0 fully saturated rings. The van der Waals surface area contributed by atoms with E-state index in [4.69, 9.17) is 0 Å². The first-order valence-electron chi connectivity index (χ1n) is 8.11. The van der Waals surface area contributed by atoms with Crippen molar-refractivity contribution in [1.29, 1.82) is 0 Å². The number of aromatic amines is 1. The van der Waals surface area contributed by atoms with Gasteiger partial charge in [0.05, 0.1) is 10.6 Å². The van der Waals surface area contributed by atoms with Gasteiger partial charge in [0.15, 0.2) is 0 Å². The Balaban J connectivity index is 1.64. The standard InChI is InChI=1S/C19H15FN4O2S/c1-12-10-21-19-17(12)18(22-11-23-19)13-2-6-15(7-3-13)24-27(25,26)16-8-4-14(20)5-9-16/h2-11,24H,1H3,(H,21,22,23). The number of nitrogens with zero attached hydrogens (tertiary/aromatic N) is 2. The summed E-state index contributed by atoms with van der Waals surface area (Å²) >= 11 is 0. The lowest BCUT2D eigenvalue weighted by Gasteiger charge is -2.09. The summed E-state index contributed by atoms with van der Waals surface area (Å²) in [4.78, 5) is 11.7. The molecule has 2 aromatic heterocycles. The number of hydrogen-bond donors (Lipinski definition) is 2. The molecule has 0 aliphatic heterocycles. The van der Waals surface area contributed by atoms with Gasteiger partial charge in [-0.15, -0.1) is 0 Å². The molecule has 0 unspecified atom stereocenters. The smallest absolute Gasteiger partial charge is 0.261 e. The second kappa shape index (κ2) is 6.48. The first-order chi connectivity index (χ1) is 12.9. The van der Waals surface area contributed by atoms with E-state index in [1.807, 2.05) is 13.1 Å². The minimum absolute atomic E-state index is 0.00608. The second-order valence-electron chi connectivity index (χ2n) is 6.05. The zero-order valence-electron chi connectivity index (χ0n) is 14.3. The minimum atomic E-state index is -3.79. The third-order valence-corrected chi connectivity index (χ3v) is 5.60. The fourth-order valence-corrected chi connectivity index (χ4v) is 3.92. The minimum Gasteiger partial charge on any atom is -0.346 e. The Labute approximate surface area is 155 Å². The van der Waals surface area contributed by atoms with Crippen LogP contribution in [0.25, 0.3) is 22.3 Å². The number of fused-ring (bicyclic) bond motifs is 1. The topological polar surface area (TPSA) is 87.7 Å². The maximum absolute atomic E-state index is 13.0. The number of aromatic nitrogens is 3. The lowest BCUT2D eigenvalue weighted by Crippen LogP contribution is -2.12. The number of anilines is 1. The van der Waals surface area contributed by atoms with E-state index in [0.29, 0.717) is 5.69 Å². The molecule has 27 heavy (non-hydrogen) atoms. The molecule has 4 aromatic rings. The van der Waals surface area contributed by atoms with Gasteiger partial charge in [-0.25, -0.2) is 22.8 Å². The van der Waals surface area contributed by atoms with Crippen molar-refractivity contribution in [3.05, 3.63) is 72.4 Å². The van der Waals surface area contributed by atoms with Crippen LogP contribution in [-0.4, -0.2) is 23.4 Å². The van der Waals surface area contributed by atoms with Crippen molar-refractivity contribution < 1.29 is 12.8 Å². The molecule has 0 saturated carbocycles. The number of aryl methyl sites for hydroxylation is 1. The molecule has 6 nitrogen and oxygen atoms in total. The van der Waals surface area contributed by atoms with E-state index in [2.05, 4.69) is 19.7 Å². The van der Waals surface area contributed by atoms with Gasteiger partial charge in [0.2, 0.25) is 0 Å². The quantitative estimate of drug-likeness (QED) is 0.561. The first kappa shape index (κ1) is 17.2. The van der Waals surface area contributed by atoms with Crippen LogP contribution in [0.3, 0.4) is 0 Å². The molecule has 2 N–H and O–H groups in total. The van der Waals surface area contributed by atoms with Crippen molar-refractivity contribution in [2.24, 2.45) is 0 Å². The largest absolute Gasteiger partial charge is 0.346 e. The summed E-state index contributed by atoms with van der Waals surface area (Å²) in [6.45, 7) is 1.97. The molecule has 0 saturated heterocycles. The molecule has 2 heterocycles. The molecule has 0 bridgehead atoms. The van der Waals surface area contributed by atoms with Crippen molar-refractivity contribution in [2.75, 3.05) is 4.72 Å². The Bertz CT molecular complexity index is 1220. The summed E-state index contributed by atoms with van der Waals surface area (Å²) in [6, 6.07) is 11.6. The highest BCUT2D eigenvalue weighted by Crippen LogP contribution is 2.28. The van der Waals surface area contributed by atoms with E-state index in [0.717, 1.165) is 40.0 Å². The van der Waals surface area contributed by atoms with Crippen molar-refractivity contribution >= 4 is 26.7 Å². The molecule has 4 rings (SSSR count). The van der Waals surface area contributed by atoms with E-state index in [1.165, 1.54) is 18.5 Å². The Morgan fingerprint density at radius 1 is 1.00 bits per heavy atom. The molecule has 8 heteroatoms. The van der Waals surface area contributed by atoms with E-state index in [9.17, 15) is 12.8 Å². The summed E-state index contributed by atoms with van der Waals surface area (Å²) < 4.78 is 40.3. The van der Waals surface area contributed by atoms with E-state index in [-0.39, 0.29) is 4.90 Å². The molecule has 0 aliphatic rings. The first-order valence-corrected chi connectivity index (χ1v) is 9.60. The van der Waals surface area contributed by atoms with Gasteiger partial charge in [-0.05, 0) is 48.9 Å². The van der Waals surface area contributed by atoms with Crippen LogP contribution >= 0.6 is 0 Å².